The van der Waals surface area contributed by atoms with Crippen LogP contribution in [0.4, 0.5) is 13.2 Å². The molecule has 1 amide bonds. The number of hydrogen-bond acceptors (Lipinski definition) is 3. The van der Waals surface area contributed by atoms with Crippen LogP contribution in [0.15, 0.2) is 11.4 Å². The van der Waals surface area contributed by atoms with Crippen LogP contribution < -0.4 is 11.1 Å². The number of nitrogens with two attached hydrogens (primary N) is 1. The molecule has 0 saturated heterocycles. The Morgan fingerprint density at radius 3 is 2.69 bits per heavy atom. The van der Waals surface area contributed by atoms with Crippen LogP contribution in [-0.4, -0.2) is 18.5 Å². The second kappa shape index (κ2) is 4.84. The van der Waals surface area contributed by atoms with E-state index < -0.39 is 17.0 Å². The van der Waals surface area contributed by atoms with Gasteiger partial charge >= 0.3 is 6.18 Å². The monoisotopic (exact) mass is 252 g/mol. The molecule has 16 heavy (non-hydrogen) atoms. The Bertz CT molecular complexity index is 373. The van der Waals surface area contributed by atoms with E-state index in [1.165, 1.54) is 5.38 Å². The molecular weight excluding hydrogens is 241 g/mol. The first-order valence-electron chi connectivity index (χ1n) is 4.50. The number of amides is 1. The third kappa shape index (κ3) is 3.49. The molecule has 0 bridgehead atoms. The number of rotatable bonds is 3. The zero-order valence-corrected chi connectivity index (χ0v) is 9.28. The minimum atomic E-state index is -4.40. The van der Waals surface area contributed by atoms with Gasteiger partial charge in [0.05, 0.1) is 5.56 Å². The van der Waals surface area contributed by atoms with Gasteiger partial charge in [0.2, 0.25) is 0 Å². The average molecular weight is 252 g/mol. The van der Waals surface area contributed by atoms with Gasteiger partial charge in [0.15, 0.2) is 0 Å². The maximum Gasteiger partial charge on any atom is 0.425 e. The number of hydrogen-bond donors (Lipinski definition) is 2. The second-order valence-corrected chi connectivity index (χ2v) is 4.30. The van der Waals surface area contributed by atoms with Crippen molar-refractivity contribution in [1.82, 2.24) is 5.32 Å². The Balaban J connectivity index is 2.67. The summed E-state index contributed by atoms with van der Waals surface area (Å²) >= 11 is 0.502. The molecule has 1 unspecified atom stereocenters. The Morgan fingerprint density at radius 1 is 1.62 bits per heavy atom. The van der Waals surface area contributed by atoms with Gasteiger partial charge in [-0.3, -0.25) is 4.79 Å². The molecule has 0 aromatic carbocycles. The van der Waals surface area contributed by atoms with Gasteiger partial charge in [-0.2, -0.15) is 13.2 Å². The highest BCUT2D eigenvalue weighted by atomic mass is 32.1. The third-order valence-electron chi connectivity index (χ3n) is 1.73. The number of carbonyl (C=O) groups excluding carboxylic acids is 1. The van der Waals surface area contributed by atoms with Gasteiger partial charge in [0.1, 0.15) is 4.88 Å². The quantitative estimate of drug-likeness (QED) is 0.862. The van der Waals surface area contributed by atoms with Crippen LogP contribution >= 0.6 is 11.3 Å². The zero-order valence-electron chi connectivity index (χ0n) is 8.47. The molecular formula is C9H11F3N2OS. The highest BCUT2D eigenvalue weighted by Gasteiger charge is 2.33. The van der Waals surface area contributed by atoms with Gasteiger partial charge in [-0.15, -0.1) is 11.3 Å². The number of halogens is 3. The van der Waals surface area contributed by atoms with Crippen LogP contribution in [0.2, 0.25) is 0 Å². The van der Waals surface area contributed by atoms with E-state index in [1.54, 1.807) is 6.92 Å². The topological polar surface area (TPSA) is 55.1 Å². The van der Waals surface area contributed by atoms with Crippen molar-refractivity contribution in [3.8, 4) is 0 Å². The fraction of sp³-hybridized carbons (Fsp3) is 0.444. The number of nitrogens with one attached hydrogen (secondary N) is 1. The molecule has 3 N–H and O–H groups in total. The molecule has 90 valence electrons. The summed E-state index contributed by atoms with van der Waals surface area (Å²) in [4.78, 5) is 10.6. The van der Waals surface area contributed by atoms with Gasteiger partial charge in [-0.1, -0.05) is 0 Å². The lowest BCUT2D eigenvalue weighted by Crippen LogP contribution is -2.34. The van der Waals surface area contributed by atoms with Crippen LogP contribution in [-0.2, 0) is 6.18 Å². The predicted molar refractivity (Wildman–Crippen MR) is 55.3 cm³/mol. The first-order valence-corrected chi connectivity index (χ1v) is 5.38. The van der Waals surface area contributed by atoms with E-state index in [1.807, 2.05) is 0 Å². The van der Waals surface area contributed by atoms with E-state index in [2.05, 4.69) is 5.32 Å². The molecule has 1 aromatic rings. The summed E-state index contributed by atoms with van der Waals surface area (Å²) in [5.41, 5.74) is 5.41. The smallest absolute Gasteiger partial charge is 0.350 e. The molecule has 1 heterocycles. The van der Waals surface area contributed by atoms with Gasteiger partial charge in [-0.05, 0) is 13.0 Å². The number of alkyl halides is 3. The largest absolute Gasteiger partial charge is 0.425 e. The van der Waals surface area contributed by atoms with Gasteiger partial charge in [0, 0.05) is 18.0 Å². The minimum absolute atomic E-state index is 0.0120. The maximum atomic E-state index is 12.2. The highest BCUT2D eigenvalue weighted by molar-refractivity contribution is 7.10. The van der Waals surface area contributed by atoms with E-state index in [9.17, 15) is 18.0 Å². The molecule has 0 spiro atoms. The highest BCUT2D eigenvalue weighted by Crippen LogP contribution is 2.33. The summed E-state index contributed by atoms with van der Waals surface area (Å²) in [7, 11) is 0. The van der Waals surface area contributed by atoms with Crippen molar-refractivity contribution in [3.05, 3.63) is 21.9 Å². The van der Waals surface area contributed by atoms with Gasteiger partial charge < -0.3 is 11.1 Å². The molecule has 1 aromatic heterocycles. The van der Waals surface area contributed by atoms with E-state index in [4.69, 9.17) is 5.73 Å². The summed E-state index contributed by atoms with van der Waals surface area (Å²) in [6, 6.07) is 0.603. The summed E-state index contributed by atoms with van der Waals surface area (Å²) in [5.74, 6) is -0.538. The summed E-state index contributed by atoms with van der Waals surface area (Å²) in [6.07, 6.45) is -4.40. The van der Waals surface area contributed by atoms with Crippen LogP contribution in [0, 0.1) is 0 Å². The SMILES string of the molecule is CC(N)CNC(=O)c1csc(C(F)(F)F)c1. The average Bonchev–Trinajstić information content (AvgIpc) is 2.61. The molecule has 0 radical (unpaired) electrons. The standard InChI is InChI=1S/C9H11F3N2OS/c1-5(13)3-14-8(15)6-2-7(16-4-6)9(10,11)12/h2,4-5H,3,13H2,1H3,(H,14,15). The Labute approximate surface area is 94.4 Å². The molecule has 0 aliphatic carbocycles. The van der Waals surface area contributed by atoms with Gasteiger partial charge in [0.25, 0.3) is 5.91 Å². The first-order chi connectivity index (χ1) is 7.30. The second-order valence-electron chi connectivity index (χ2n) is 3.38. The zero-order chi connectivity index (χ0) is 12.3. The van der Waals surface area contributed by atoms with Crippen LogP contribution in [0.3, 0.4) is 0 Å². The van der Waals surface area contributed by atoms with E-state index in [-0.39, 0.29) is 18.2 Å². The van der Waals surface area contributed by atoms with E-state index in [0.717, 1.165) is 6.07 Å². The van der Waals surface area contributed by atoms with Crippen molar-refractivity contribution in [1.29, 1.82) is 0 Å². The van der Waals surface area contributed by atoms with Crippen LogP contribution in [0.5, 0.6) is 0 Å². The molecule has 7 heteroatoms. The molecule has 0 saturated carbocycles. The fourth-order valence-corrected chi connectivity index (χ4v) is 1.72. The molecule has 3 nitrogen and oxygen atoms in total. The molecule has 0 aliphatic heterocycles. The molecule has 1 rings (SSSR count). The first kappa shape index (κ1) is 13.0. The maximum absolute atomic E-state index is 12.2. The lowest BCUT2D eigenvalue weighted by Gasteiger charge is -2.06. The van der Waals surface area contributed by atoms with Crippen molar-refractivity contribution in [2.24, 2.45) is 5.73 Å². The number of carbonyl (C=O) groups is 1. The van der Waals surface area contributed by atoms with E-state index in [0.29, 0.717) is 11.3 Å². The third-order valence-corrected chi connectivity index (χ3v) is 2.70. The van der Waals surface area contributed by atoms with Crippen LogP contribution in [0.25, 0.3) is 0 Å². The Hall–Kier alpha value is -1.08. The normalized spacial score (nSPS) is 13.6. The van der Waals surface area contributed by atoms with Crippen LogP contribution in [0.1, 0.15) is 22.2 Å². The van der Waals surface area contributed by atoms with Crippen molar-refractivity contribution in [2.75, 3.05) is 6.54 Å². The van der Waals surface area contributed by atoms with E-state index >= 15 is 0 Å². The molecule has 1 atom stereocenters. The summed E-state index contributed by atoms with van der Waals surface area (Å²) in [6.45, 7) is 1.92. The van der Waals surface area contributed by atoms with Crippen molar-refractivity contribution < 1.29 is 18.0 Å². The number of thiophene rings is 1. The summed E-state index contributed by atoms with van der Waals surface area (Å²) in [5, 5.41) is 3.62. The Morgan fingerprint density at radius 2 is 2.25 bits per heavy atom. The molecule has 0 fully saturated rings. The van der Waals surface area contributed by atoms with Crippen molar-refractivity contribution in [2.45, 2.75) is 19.1 Å². The minimum Gasteiger partial charge on any atom is -0.350 e. The molecule has 0 aliphatic rings. The predicted octanol–water partition coefficient (Wildman–Crippen LogP) is 1.84. The fourth-order valence-electron chi connectivity index (χ4n) is 0.960. The lowest BCUT2D eigenvalue weighted by molar-refractivity contribution is -0.134. The Kier molecular flexibility index (Phi) is 3.93. The van der Waals surface area contributed by atoms with Crippen molar-refractivity contribution in [3.63, 3.8) is 0 Å². The van der Waals surface area contributed by atoms with Crippen molar-refractivity contribution >= 4 is 17.2 Å². The lowest BCUT2D eigenvalue weighted by atomic mass is 10.2. The summed E-state index contributed by atoms with van der Waals surface area (Å²) < 4.78 is 36.7. The van der Waals surface area contributed by atoms with Gasteiger partial charge in [-0.25, -0.2) is 0 Å².